The lowest BCUT2D eigenvalue weighted by molar-refractivity contribution is 0.0608. The van der Waals surface area contributed by atoms with Gasteiger partial charge in [0, 0.05) is 55.2 Å². The molecule has 180 valence electrons. The first-order chi connectivity index (χ1) is 16.5. The molecule has 34 heavy (non-hydrogen) atoms. The van der Waals surface area contributed by atoms with Gasteiger partial charge in [-0.25, -0.2) is 9.97 Å². The standard InChI is InChI=1S/C26H33ClN6O/c1-31(2)19-10-15-32(16-19)26(11-4-3-5-12-26)18-30-24(34)20-17-33(25-28-13-7-14-29-25)22-9-6-8-21(27)23(20)22/h6-9,13-14,17,19H,3-5,10-12,15-16,18H2,1-2H3,(H,30,34)/t19-/m1/s1. The largest absolute Gasteiger partial charge is 0.350 e. The van der Waals surface area contributed by atoms with Crippen molar-refractivity contribution in [2.45, 2.75) is 50.1 Å². The number of nitrogens with zero attached hydrogens (tertiary/aromatic N) is 5. The van der Waals surface area contributed by atoms with Gasteiger partial charge in [0.15, 0.2) is 0 Å². The summed E-state index contributed by atoms with van der Waals surface area (Å²) in [7, 11) is 4.33. The molecule has 2 aliphatic rings. The summed E-state index contributed by atoms with van der Waals surface area (Å²) in [6.07, 6.45) is 12.4. The molecule has 3 heterocycles. The smallest absolute Gasteiger partial charge is 0.253 e. The van der Waals surface area contributed by atoms with Crippen LogP contribution in [0.1, 0.15) is 48.9 Å². The third-order valence-electron chi connectivity index (χ3n) is 7.72. The number of benzene rings is 1. The molecule has 1 aromatic carbocycles. The van der Waals surface area contributed by atoms with Crippen LogP contribution in [0.5, 0.6) is 0 Å². The second-order valence-electron chi connectivity index (χ2n) is 9.92. The molecule has 1 atom stereocenters. The van der Waals surface area contributed by atoms with Crippen molar-refractivity contribution in [3.8, 4) is 5.95 Å². The van der Waals surface area contributed by atoms with Gasteiger partial charge in [-0.05, 0) is 51.6 Å². The van der Waals surface area contributed by atoms with Gasteiger partial charge in [-0.3, -0.25) is 14.3 Å². The Balaban J connectivity index is 1.42. The molecular formula is C26H33ClN6O. The van der Waals surface area contributed by atoms with Gasteiger partial charge in [0.25, 0.3) is 5.91 Å². The van der Waals surface area contributed by atoms with Crippen LogP contribution in [0.15, 0.2) is 42.9 Å². The number of likely N-dealkylation sites (tertiary alicyclic amines) is 1. The first kappa shape index (κ1) is 23.3. The monoisotopic (exact) mass is 480 g/mol. The summed E-state index contributed by atoms with van der Waals surface area (Å²) in [4.78, 5) is 27.3. The summed E-state index contributed by atoms with van der Waals surface area (Å²) in [6.45, 7) is 2.82. The number of likely N-dealkylation sites (N-methyl/N-ethyl adjacent to an activating group) is 1. The van der Waals surface area contributed by atoms with E-state index in [0.717, 1.165) is 36.8 Å². The van der Waals surface area contributed by atoms with Gasteiger partial charge in [-0.2, -0.15) is 0 Å². The quantitative estimate of drug-likeness (QED) is 0.574. The maximum atomic E-state index is 13.6. The number of hydrogen-bond acceptors (Lipinski definition) is 5. The SMILES string of the molecule is CN(C)[C@@H]1CCN(C2(CNC(=O)c3cn(-c4ncccn4)c4cccc(Cl)c34)CCCCC2)C1. The molecule has 0 bridgehead atoms. The van der Waals surface area contributed by atoms with Gasteiger partial charge in [-0.15, -0.1) is 0 Å². The Morgan fingerprint density at radius 2 is 1.94 bits per heavy atom. The van der Waals surface area contributed by atoms with Crippen LogP contribution in [0.25, 0.3) is 16.9 Å². The molecule has 1 saturated heterocycles. The number of hydrogen-bond donors (Lipinski definition) is 1. The highest BCUT2D eigenvalue weighted by atomic mass is 35.5. The molecule has 1 N–H and O–H groups in total. The van der Waals surface area contributed by atoms with Crippen LogP contribution in [0.3, 0.4) is 0 Å². The lowest BCUT2D eigenvalue weighted by Gasteiger charge is -2.45. The van der Waals surface area contributed by atoms with Crippen molar-refractivity contribution < 1.29 is 4.79 Å². The van der Waals surface area contributed by atoms with Crippen molar-refractivity contribution in [2.24, 2.45) is 0 Å². The number of fused-ring (bicyclic) bond motifs is 1. The van der Waals surface area contributed by atoms with E-state index in [0.29, 0.717) is 29.1 Å². The summed E-state index contributed by atoms with van der Waals surface area (Å²) < 4.78 is 1.84. The first-order valence-electron chi connectivity index (χ1n) is 12.3. The number of nitrogens with one attached hydrogen (secondary N) is 1. The van der Waals surface area contributed by atoms with Crippen LogP contribution in [0.4, 0.5) is 0 Å². The first-order valence-corrected chi connectivity index (χ1v) is 12.6. The van der Waals surface area contributed by atoms with Gasteiger partial charge in [0.1, 0.15) is 0 Å². The van der Waals surface area contributed by atoms with Crippen molar-refractivity contribution >= 4 is 28.4 Å². The number of aromatic nitrogens is 3. The Labute approximate surface area is 206 Å². The Kier molecular flexibility index (Phi) is 6.60. The normalized spacial score (nSPS) is 20.8. The van der Waals surface area contributed by atoms with Crippen LogP contribution >= 0.6 is 11.6 Å². The predicted molar refractivity (Wildman–Crippen MR) is 136 cm³/mol. The molecule has 2 fully saturated rings. The molecule has 5 rings (SSSR count). The van der Waals surface area contributed by atoms with Crippen LogP contribution in [0, 0.1) is 0 Å². The highest BCUT2D eigenvalue weighted by molar-refractivity contribution is 6.37. The van der Waals surface area contributed by atoms with Crippen molar-refractivity contribution in [2.75, 3.05) is 33.7 Å². The fourth-order valence-corrected chi connectivity index (χ4v) is 6.02. The summed E-state index contributed by atoms with van der Waals surface area (Å²) in [5, 5.41) is 4.60. The number of rotatable bonds is 6. The fraction of sp³-hybridized carbons (Fsp3) is 0.500. The third kappa shape index (κ3) is 4.32. The van der Waals surface area contributed by atoms with E-state index < -0.39 is 0 Å². The van der Waals surface area contributed by atoms with E-state index in [-0.39, 0.29) is 11.4 Å². The van der Waals surface area contributed by atoms with Gasteiger partial charge >= 0.3 is 0 Å². The highest BCUT2D eigenvalue weighted by Crippen LogP contribution is 2.36. The van der Waals surface area contributed by atoms with E-state index in [2.05, 4.69) is 39.2 Å². The topological polar surface area (TPSA) is 66.3 Å². The molecule has 0 unspecified atom stereocenters. The third-order valence-corrected chi connectivity index (χ3v) is 8.03. The lowest BCUT2D eigenvalue weighted by atomic mass is 9.80. The minimum absolute atomic E-state index is 0.0311. The van der Waals surface area contributed by atoms with E-state index in [1.807, 2.05) is 29.0 Å². The van der Waals surface area contributed by atoms with Crippen LogP contribution < -0.4 is 5.32 Å². The minimum Gasteiger partial charge on any atom is -0.350 e. The number of amides is 1. The molecule has 1 aliphatic heterocycles. The Morgan fingerprint density at radius 1 is 1.18 bits per heavy atom. The molecule has 8 heteroatoms. The zero-order chi connectivity index (χ0) is 23.7. The van der Waals surface area contributed by atoms with Crippen molar-refractivity contribution in [1.82, 2.24) is 29.7 Å². The van der Waals surface area contributed by atoms with Crippen LogP contribution in [-0.4, -0.2) is 75.6 Å². The number of halogens is 1. The lowest BCUT2D eigenvalue weighted by Crippen LogP contribution is -2.56. The summed E-state index contributed by atoms with van der Waals surface area (Å²) in [6, 6.07) is 8.01. The van der Waals surface area contributed by atoms with Gasteiger partial charge in [0.05, 0.1) is 16.1 Å². The van der Waals surface area contributed by atoms with Crippen LogP contribution in [0.2, 0.25) is 5.02 Å². The second-order valence-corrected chi connectivity index (χ2v) is 10.3. The van der Waals surface area contributed by atoms with E-state index in [4.69, 9.17) is 11.6 Å². The number of carbonyl (C=O) groups excluding carboxylic acids is 1. The molecule has 7 nitrogen and oxygen atoms in total. The average Bonchev–Trinajstić information content (AvgIpc) is 3.51. The maximum absolute atomic E-state index is 13.6. The molecule has 2 aromatic heterocycles. The number of carbonyl (C=O) groups is 1. The van der Waals surface area contributed by atoms with Gasteiger partial charge in [-0.1, -0.05) is 36.9 Å². The fourth-order valence-electron chi connectivity index (χ4n) is 5.75. The molecule has 1 aliphatic carbocycles. The Bertz CT molecular complexity index is 1150. The maximum Gasteiger partial charge on any atom is 0.253 e. The summed E-state index contributed by atoms with van der Waals surface area (Å²) in [5.41, 5.74) is 1.42. The van der Waals surface area contributed by atoms with E-state index >= 15 is 0 Å². The molecule has 0 radical (unpaired) electrons. The molecule has 1 amide bonds. The molecule has 3 aromatic rings. The van der Waals surface area contributed by atoms with E-state index in [9.17, 15) is 4.79 Å². The zero-order valence-corrected chi connectivity index (χ0v) is 20.8. The molecule has 0 spiro atoms. The van der Waals surface area contributed by atoms with Crippen molar-refractivity contribution in [3.63, 3.8) is 0 Å². The zero-order valence-electron chi connectivity index (χ0n) is 20.0. The highest BCUT2D eigenvalue weighted by Gasteiger charge is 2.42. The van der Waals surface area contributed by atoms with Crippen LogP contribution in [-0.2, 0) is 0 Å². The van der Waals surface area contributed by atoms with Gasteiger partial charge < -0.3 is 10.2 Å². The Morgan fingerprint density at radius 3 is 2.65 bits per heavy atom. The van der Waals surface area contributed by atoms with Crippen molar-refractivity contribution in [1.29, 1.82) is 0 Å². The minimum atomic E-state index is -0.0962. The summed E-state index contributed by atoms with van der Waals surface area (Å²) in [5.74, 6) is 0.422. The predicted octanol–water partition coefficient (Wildman–Crippen LogP) is 4.14. The second kappa shape index (κ2) is 9.64. The van der Waals surface area contributed by atoms with Crippen molar-refractivity contribution in [3.05, 3.63) is 53.4 Å². The van der Waals surface area contributed by atoms with E-state index in [1.165, 1.54) is 25.7 Å². The Hall–Kier alpha value is -2.48. The van der Waals surface area contributed by atoms with E-state index in [1.54, 1.807) is 18.5 Å². The molecule has 1 saturated carbocycles. The average molecular weight is 481 g/mol. The molecular weight excluding hydrogens is 448 g/mol. The summed E-state index contributed by atoms with van der Waals surface area (Å²) >= 11 is 6.59. The van der Waals surface area contributed by atoms with Gasteiger partial charge in [0.2, 0.25) is 5.95 Å².